The van der Waals surface area contributed by atoms with Crippen molar-refractivity contribution in [3.8, 4) is 11.8 Å². The molecule has 18 heavy (non-hydrogen) atoms. The van der Waals surface area contributed by atoms with Gasteiger partial charge in [0.25, 0.3) is 5.91 Å². The molecule has 1 aromatic heterocycles. The highest BCUT2D eigenvalue weighted by molar-refractivity contribution is 7.14. The van der Waals surface area contributed by atoms with Gasteiger partial charge in [-0.05, 0) is 38.3 Å². The van der Waals surface area contributed by atoms with E-state index in [0.29, 0.717) is 6.04 Å². The summed E-state index contributed by atoms with van der Waals surface area (Å²) in [5.41, 5.74) is 0. The summed E-state index contributed by atoms with van der Waals surface area (Å²) in [7, 11) is 0. The predicted octanol–water partition coefficient (Wildman–Crippen LogP) is 2.11. The summed E-state index contributed by atoms with van der Waals surface area (Å²) in [6, 6.07) is 4.01. The summed E-state index contributed by atoms with van der Waals surface area (Å²) >= 11 is 1.40. The predicted molar refractivity (Wildman–Crippen MR) is 72.6 cm³/mol. The van der Waals surface area contributed by atoms with Gasteiger partial charge in [-0.15, -0.1) is 11.3 Å². The van der Waals surface area contributed by atoms with E-state index in [2.05, 4.69) is 18.8 Å². The van der Waals surface area contributed by atoms with E-state index >= 15 is 0 Å². The quantitative estimate of drug-likeness (QED) is 0.788. The van der Waals surface area contributed by atoms with Crippen molar-refractivity contribution in [2.45, 2.75) is 32.2 Å². The molecular formula is C14H17NO2S. The van der Waals surface area contributed by atoms with Crippen LogP contribution in [0.15, 0.2) is 12.1 Å². The molecule has 96 valence electrons. The Morgan fingerprint density at radius 3 is 3.11 bits per heavy atom. The van der Waals surface area contributed by atoms with E-state index in [1.54, 1.807) is 0 Å². The van der Waals surface area contributed by atoms with Crippen molar-refractivity contribution in [2.75, 3.05) is 13.2 Å². The van der Waals surface area contributed by atoms with E-state index in [0.717, 1.165) is 29.1 Å². The number of likely N-dealkylation sites (tertiary alicyclic amines) is 1. The molecule has 4 heteroatoms. The summed E-state index contributed by atoms with van der Waals surface area (Å²) in [5.74, 6) is 5.54. The van der Waals surface area contributed by atoms with Crippen LogP contribution < -0.4 is 0 Å². The van der Waals surface area contributed by atoms with Gasteiger partial charge in [0.2, 0.25) is 0 Å². The first kappa shape index (κ1) is 13.1. The number of aliphatic hydroxyl groups is 1. The van der Waals surface area contributed by atoms with Crippen LogP contribution in [0.1, 0.15) is 40.7 Å². The van der Waals surface area contributed by atoms with Gasteiger partial charge in [0.05, 0.1) is 9.75 Å². The van der Waals surface area contributed by atoms with Gasteiger partial charge in [-0.1, -0.05) is 11.8 Å². The lowest BCUT2D eigenvalue weighted by Crippen LogP contribution is -2.41. The van der Waals surface area contributed by atoms with Crippen LogP contribution in [0.25, 0.3) is 0 Å². The fraction of sp³-hybridized carbons (Fsp3) is 0.500. The Balaban J connectivity index is 2.10. The van der Waals surface area contributed by atoms with Crippen molar-refractivity contribution in [1.29, 1.82) is 0 Å². The molecule has 1 aliphatic rings. The van der Waals surface area contributed by atoms with Gasteiger partial charge in [-0.3, -0.25) is 4.79 Å². The first-order valence-electron chi connectivity index (χ1n) is 6.23. The molecule has 1 aliphatic heterocycles. The summed E-state index contributed by atoms with van der Waals surface area (Å²) in [4.78, 5) is 15.9. The number of carbonyl (C=O) groups is 1. The Labute approximate surface area is 111 Å². The molecule has 0 radical (unpaired) electrons. The van der Waals surface area contributed by atoms with Crippen LogP contribution in [0.2, 0.25) is 0 Å². The van der Waals surface area contributed by atoms with Crippen molar-refractivity contribution in [1.82, 2.24) is 4.90 Å². The third-order valence-electron chi connectivity index (χ3n) is 3.17. The minimum absolute atomic E-state index is 0.115. The molecule has 0 bridgehead atoms. The third-order valence-corrected chi connectivity index (χ3v) is 4.16. The molecule has 2 heterocycles. The van der Waals surface area contributed by atoms with Gasteiger partial charge in [0, 0.05) is 12.6 Å². The highest BCUT2D eigenvalue weighted by Gasteiger charge is 2.24. The summed E-state index contributed by atoms with van der Waals surface area (Å²) in [6.45, 7) is 2.82. The zero-order chi connectivity index (χ0) is 13.0. The SMILES string of the molecule is CC1CCCCN1C(=O)c1ccc(C#CCO)s1. The van der Waals surface area contributed by atoms with E-state index in [4.69, 9.17) is 5.11 Å². The molecule has 1 N–H and O–H groups in total. The van der Waals surface area contributed by atoms with Crippen LogP contribution in [0.4, 0.5) is 0 Å². The Morgan fingerprint density at radius 2 is 2.39 bits per heavy atom. The number of hydrogen-bond acceptors (Lipinski definition) is 3. The van der Waals surface area contributed by atoms with Crippen LogP contribution >= 0.6 is 11.3 Å². The second kappa shape index (κ2) is 6.03. The Hall–Kier alpha value is -1.31. The highest BCUT2D eigenvalue weighted by Crippen LogP contribution is 2.23. The van der Waals surface area contributed by atoms with Gasteiger partial charge < -0.3 is 10.0 Å². The van der Waals surface area contributed by atoms with E-state index in [9.17, 15) is 4.79 Å². The maximum Gasteiger partial charge on any atom is 0.264 e. The molecule has 1 amide bonds. The van der Waals surface area contributed by atoms with Crippen molar-refractivity contribution in [3.63, 3.8) is 0 Å². The number of piperidine rings is 1. The molecule has 1 aromatic rings. The molecular weight excluding hydrogens is 246 g/mol. The number of aliphatic hydroxyl groups excluding tert-OH is 1. The average Bonchev–Trinajstić information content (AvgIpc) is 2.85. The topological polar surface area (TPSA) is 40.5 Å². The standard InChI is InChI=1S/C14H17NO2S/c1-11-5-2-3-9-15(11)14(17)13-8-7-12(18-13)6-4-10-16/h7-8,11,16H,2-3,5,9-10H2,1H3. The van der Waals surface area contributed by atoms with E-state index in [1.807, 2.05) is 17.0 Å². The molecule has 0 aromatic carbocycles. The fourth-order valence-electron chi connectivity index (χ4n) is 2.19. The molecule has 0 saturated carbocycles. The fourth-order valence-corrected chi connectivity index (χ4v) is 3.02. The second-order valence-electron chi connectivity index (χ2n) is 4.47. The molecule has 0 spiro atoms. The van der Waals surface area contributed by atoms with Crippen LogP contribution in [0, 0.1) is 11.8 Å². The monoisotopic (exact) mass is 263 g/mol. The highest BCUT2D eigenvalue weighted by atomic mass is 32.1. The number of hydrogen-bond donors (Lipinski definition) is 1. The van der Waals surface area contributed by atoms with Gasteiger partial charge in [-0.25, -0.2) is 0 Å². The lowest BCUT2D eigenvalue weighted by molar-refractivity contribution is 0.0640. The van der Waals surface area contributed by atoms with Crippen molar-refractivity contribution >= 4 is 17.2 Å². The number of amides is 1. The average molecular weight is 263 g/mol. The maximum absolute atomic E-state index is 12.3. The van der Waals surface area contributed by atoms with E-state index in [1.165, 1.54) is 17.8 Å². The van der Waals surface area contributed by atoms with Crippen LogP contribution in [0.5, 0.6) is 0 Å². The zero-order valence-corrected chi connectivity index (χ0v) is 11.3. The Kier molecular flexibility index (Phi) is 4.40. The van der Waals surface area contributed by atoms with Crippen molar-refractivity contribution < 1.29 is 9.90 Å². The summed E-state index contributed by atoms with van der Waals surface area (Å²) in [5, 5.41) is 8.64. The molecule has 1 unspecified atom stereocenters. The smallest absolute Gasteiger partial charge is 0.264 e. The van der Waals surface area contributed by atoms with Crippen molar-refractivity contribution in [2.24, 2.45) is 0 Å². The van der Waals surface area contributed by atoms with Crippen LogP contribution in [0.3, 0.4) is 0 Å². The van der Waals surface area contributed by atoms with Gasteiger partial charge in [0.1, 0.15) is 6.61 Å². The molecule has 2 rings (SSSR count). The molecule has 1 saturated heterocycles. The normalized spacial score (nSPS) is 19.2. The molecule has 0 aliphatic carbocycles. The number of rotatable bonds is 1. The van der Waals surface area contributed by atoms with Gasteiger partial charge >= 0.3 is 0 Å². The van der Waals surface area contributed by atoms with Gasteiger partial charge in [-0.2, -0.15) is 0 Å². The molecule has 3 nitrogen and oxygen atoms in total. The van der Waals surface area contributed by atoms with Crippen LogP contribution in [-0.2, 0) is 0 Å². The summed E-state index contributed by atoms with van der Waals surface area (Å²) in [6.07, 6.45) is 3.40. The zero-order valence-electron chi connectivity index (χ0n) is 10.5. The number of carbonyl (C=O) groups excluding carboxylic acids is 1. The number of nitrogens with zero attached hydrogens (tertiary/aromatic N) is 1. The second-order valence-corrected chi connectivity index (χ2v) is 5.55. The lowest BCUT2D eigenvalue weighted by Gasteiger charge is -2.33. The lowest BCUT2D eigenvalue weighted by atomic mass is 10.0. The third kappa shape index (κ3) is 2.92. The molecule has 1 fully saturated rings. The van der Waals surface area contributed by atoms with E-state index < -0.39 is 0 Å². The largest absolute Gasteiger partial charge is 0.384 e. The first-order valence-corrected chi connectivity index (χ1v) is 7.04. The van der Waals surface area contributed by atoms with Crippen molar-refractivity contribution in [3.05, 3.63) is 21.9 Å². The number of thiophene rings is 1. The Bertz CT molecular complexity index is 483. The van der Waals surface area contributed by atoms with Crippen LogP contribution in [-0.4, -0.2) is 35.1 Å². The first-order chi connectivity index (χ1) is 8.72. The van der Waals surface area contributed by atoms with Gasteiger partial charge in [0.15, 0.2) is 0 Å². The molecule has 1 atom stereocenters. The Morgan fingerprint density at radius 1 is 1.56 bits per heavy atom. The summed E-state index contributed by atoms with van der Waals surface area (Å²) < 4.78 is 0. The minimum Gasteiger partial charge on any atom is -0.384 e. The minimum atomic E-state index is -0.148. The van der Waals surface area contributed by atoms with E-state index in [-0.39, 0.29) is 12.5 Å². The maximum atomic E-state index is 12.3.